The molecule has 1 saturated heterocycles. The van der Waals surface area contributed by atoms with Crippen molar-refractivity contribution in [3.05, 3.63) is 65.1 Å². The first-order valence-corrected chi connectivity index (χ1v) is 12.8. The molecular formula is C28H32F4N4O3. The number of alkyl halides is 1. The van der Waals surface area contributed by atoms with E-state index in [2.05, 4.69) is 10.3 Å². The number of anilines is 1. The van der Waals surface area contributed by atoms with E-state index >= 15 is 4.39 Å². The average Bonchev–Trinajstić information content (AvgIpc) is 2.92. The number of carbonyl (C=O) groups is 1. The average molecular weight is 549 g/mol. The Bertz CT molecular complexity index is 1300. The molecule has 39 heavy (non-hydrogen) atoms. The van der Waals surface area contributed by atoms with Gasteiger partial charge in [-0.25, -0.2) is 17.6 Å². The zero-order valence-corrected chi connectivity index (χ0v) is 21.7. The summed E-state index contributed by atoms with van der Waals surface area (Å²) in [5.74, 6) is -3.45. The van der Waals surface area contributed by atoms with Crippen LogP contribution in [-0.4, -0.2) is 54.2 Å². The number of carboxylic acid groups (broad SMARTS) is 1. The summed E-state index contributed by atoms with van der Waals surface area (Å²) in [6.45, 7) is 1.55. The molecule has 4 rings (SSSR count). The summed E-state index contributed by atoms with van der Waals surface area (Å²) >= 11 is 0. The van der Waals surface area contributed by atoms with Crippen LogP contribution < -0.4 is 15.8 Å². The van der Waals surface area contributed by atoms with E-state index in [1.54, 1.807) is 24.4 Å². The number of likely N-dealkylation sites (tertiary alicyclic amines) is 1. The molecule has 2 aromatic carbocycles. The Morgan fingerprint density at radius 3 is 2.51 bits per heavy atom. The molecular weight excluding hydrogens is 516 g/mol. The molecule has 210 valence electrons. The topological polar surface area (TPSA) is 101 Å². The summed E-state index contributed by atoms with van der Waals surface area (Å²) in [7, 11) is 1.52. The van der Waals surface area contributed by atoms with Crippen LogP contribution in [0.2, 0.25) is 0 Å². The lowest BCUT2D eigenvalue weighted by Gasteiger charge is -2.39. The molecule has 3 aromatic rings. The third-order valence-electron chi connectivity index (χ3n) is 7.61. The van der Waals surface area contributed by atoms with Gasteiger partial charge in [-0.1, -0.05) is 0 Å². The van der Waals surface area contributed by atoms with Crippen LogP contribution in [0.4, 0.5) is 23.2 Å². The van der Waals surface area contributed by atoms with Crippen LogP contribution in [0.1, 0.15) is 43.0 Å². The highest BCUT2D eigenvalue weighted by molar-refractivity contribution is 5.85. The lowest BCUT2D eigenvalue weighted by Crippen LogP contribution is -2.45. The van der Waals surface area contributed by atoms with Crippen molar-refractivity contribution in [2.75, 3.05) is 38.6 Å². The maximum atomic E-state index is 15.8. The number of pyridine rings is 1. The smallest absolute Gasteiger partial charge is 0.309 e. The van der Waals surface area contributed by atoms with Crippen molar-refractivity contribution in [1.29, 1.82) is 0 Å². The van der Waals surface area contributed by atoms with Crippen LogP contribution in [0.25, 0.3) is 10.9 Å². The highest BCUT2D eigenvalue weighted by Crippen LogP contribution is 2.41. The summed E-state index contributed by atoms with van der Waals surface area (Å²) < 4.78 is 61.9. The first-order chi connectivity index (χ1) is 18.7. The van der Waals surface area contributed by atoms with Gasteiger partial charge in [0.2, 0.25) is 0 Å². The van der Waals surface area contributed by atoms with Crippen LogP contribution in [0.15, 0.2) is 36.5 Å². The molecule has 4 N–H and O–H groups in total. The number of nitrogens with two attached hydrogens (primary N) is 1. The largest absolute Gasteiger partial charge is 0.497 e. The number of carboxylic acids is 1. The fraction of sp³-hybridized carbons (Fsp3) is 0.429. The van der Waals surface area contributed by atoms with E-state index in [9.17, 15) is 23.1 Å². The molecule has 0 aliphatic carbocycles. The molecule has 1 aromatic heterocycles. The van der Waals surface area contributed by atoms with Crippen LogP contribution >= 0.6 is 0 Å². The van der Waals surface area contributed by atoms with Gasteiger partial charge < -0.3 is 25.8 Å². The highest BCUT2D eigenvalue weighted by Gasteiger charge is 2.41. The second-order valence-electron chi connectivity index (χ2n) is 9.89. The molecule has 7 nitrogen and oxygen atoms in total. The van der Waals surface area contributed by atoms with Gasteiger partial charge in [-0.3, -0.25) is 9.78 Å². The Morgan fingerprint density at radius 1 is 1.21 bits per heavy atom. The maximum absolute atomic E-state index is 15.8. The number of hydrogen-bond acceptors (Lipinski definition) is 6. The number of ether oxygens (including phenoxy) is 1. The Labute approximate surface area is 224 Å². The van der Waals surface area contributed by atoms with Gasteiger partial charge in [-0.05, 0) is 62.5 Å². The van der Waals surface area contributed by atoms with E-state index in [1.165, 1.54) is 7.11 Å². The molecule has 2 heterocycles. The van der Waals surface area contributed by atoms with E-state index in [0.29, 0.717) is 72.4 Å². The predicted octanol–water partition coefficient (Wildman–Crippen LogP) is 5.19. The second kappa shape index (κ2) is 12.2. The normalized spacial score (nSPS) is 16.3. The fourth-order valence-corrected chi connectivity index (χ4v) is 5.27. The summed E-state index contributed by atoms with van der Waals surface area (Å²) in [6, 6.07) is 6.41. The lowest BCUT2D eigenvalue weighted by molar-refractivity contribution is -0.153. The van der Waals surface area contributed by atoms with Gasteiger partial charge in [0, 0.05) is 48.9 Å². The van der Waals surface area contributed by atoms with Crippen molar-refractivity contribution in [2.45, 2.75) is 38.4 Å². The van der Waals surface area contributed by atoms with E-state index in [4.69, 9.17) is 10.5 Å². The standard InChI is InChI=1S/C28H32F4N4O3/c1-39-19-2-3-24-20(14-19)25(17(15-33)16-35-24)21(30)4-5-28(27(37)38)6-9-36(10-7-28)11-8-34-26-22(31)12-18(29)13-23(26)32/h2-3,12-14,16,21,34H,4-11,15,33H2,1H3,(H,37,38)/t21-/m0/s1. The lowest BCUT2D eigenvalue weighted by atomic mass is 9.74. The SMILES string of the molecule is COc1ccc2ncc(CN)c([C@@H](F)CCC3(C(=O)O)CCN(CCNc4c(F)cc(F)cc4F)CC3)c2c1. The molecule has 1 aliphatic rings. The molecule has 0 saturated carbocycles. The van der Waals surface area contributed by atoms with Gasteiger partial charge in [-0.2, -0.15) is 0 Å². The van der Waals surface area contributed by atoms with Gasteiger partial charge in [0.25, 0.3) is 0 Å². The van der Waals surface area contributed by atoms with Crippen molar-refractivity contribution in [2.24, 2.45) is 11.1 Å². The van der Waals surface area contributed by atoms with Crippen LogP contribution in [0, 0.1) is 22.9 Å². The van der Waals surface area contributed by atoms with Gasteiger partial charge in [0.05, 0.1) is 18.0 Å². The number of aliphatic carboxylic acids is 1. The Hall–Kier alpha value is -3.44. The van der Waals surface area contributed by atoms with Crippen molar-refractivity contribution in [1.82, 2.24) is 9.88 Å². The molecule has 0 amide bonds. The van der Waals surface area contributed by atoms with Crippen molar-refractivity contribution >= 4 is 22.6 Å². The molecule has 0 unspecified atom stereocenters. The number of fused-ring (bicyclic) bond motifs is 1. The first-order valence-electron chi connectivity index (χ1n) is 12.8. The quantitative estimate of drug-likeness (QED) is 0.284. The molecule has 1 atom stereocenters. The van der Waals surface area contributed by atoms with Crippen molar-refractivity contribution in [3.63, 3.8) is 0 Å². The Kier molecular flexibility index (Phi) is 8.91. The summed E-state index contributed by atoms with van der Waals surface area (Å²) in [6.07, 6.45) is 0.867. The fourth-order valence-electron chi connectivity index (χ4n) is 5.27. The van der Waals surface area contributed by atoms with Gasteiger partial charge in [-0.15, -0.1) is 0 Å². The number of aromatic nitrogens is 1. The number of hydrogen-bond donors (Lipinski definition) is 3. The van der Waals surface area contributed by atoms with Gasteiger partial charge in [0.15, 0.2) is 11.6 Å². The number of halogens is 4. The Balaban J connectivity index is 1.39. The summed E-state index contributed by atoms with van der Waals surface area (Å²) in [4.78, 5) is 18.7. The zero-order chi connectivity index (χ0) is 28.2. The molecule has 1 aliphatic heterocycles. The third-order valence-corrected chi connectivity index (χ3v) is 7.61. The number of nitrogens with one attached hydrogen (secondary N) is 1. The third kappa shape index (κ3) is 6.25. The molecule has 11 heteroatoms. The summed E-state index contributed by atoms with van der Waals surface area (Å²) in [5, 5.41) is 13.3. The molecule has 0 spiro atoms. The predicted molar refractivity (Wildman–Crippen MR) is 140 cm³/mol. The van der Waals surface area contributed by atoms with Crippen LogP contribution in [0.5, 0.6) is 5.75 Å². The highest BCUT2D eigenvalue weighted by atomic mass is 19.1. The number of benzene rings is 2. The van der Waals surface area contributed by atoms with Crippen molar-refractivity contribution < 1.29 is 32.2 Å². The van der Waals surface area contributed by atoms with Crippen LogP contribution in [-0.2, 0) is 11.3 Å². The maximum Gasteiger partial charge on any atom is 0.309 e. The molecule has 1 fully saturated rings. The minimum absolute atomic E-state index is 0.000297. The first kappa shape index (κ1) is 28.6. The van der Waals surface area contributed by atoms with Gasteiger partial charge in [0.1, 0.15) is 23.4 Å². The van der Waals surface area contributed by atoms with E-state index in [-0.39, 0.29) is 25.9 Å². The monoisotopic (exact) mass is 548 g/mol. The number of rotatable bonds is 11. The molecule has 0 bridgehead atoms. The Morgan fingerprint density at radius 2 is 1.90 bits per heavy atom. The minimum Gasteiger partial charge on any atom is -0.497 e. The molecule has 0 radical (unpaired) electrons. The minimum atomic E-state index is -1.44. The second-order valence-corrected chi connectivity index (χ2v) is 9.89. The van der Waals surface area contributed by atoms with Gasteiger partial charge >= 0.3 is 5.97 Å². The van der Waals surface area contributed by atoms with E-state index in [1.807, 2.05) is 4.90 Å². The van der Waals surface area contributed by atoms with E-state index < -0.39 is 40.7 Å². The van der Waals surface area contributed by atoms with Crippen molar-refractivity contribution in [3.8, 4) is 5.75 Å². The number of methoxy groups -OCH3 is 1. The summed E-state index contributed by atoms with van der Waals surface area (Å²) in [5.41, 5.74) is 5.95. The van der Waals surface area contributed by atoms with E-state index in [0.717, 1.165) is 0 Å². The number of nitrogens with zero attached hydrogens (tertiary/aromatic N) is 2. The number of piperidine rings is 1. The van der Waals surface area contributed by atoms with Crippen LogP contribution in [0.3, 0.4) is 0 Å². The zero-order valence-electron chi connectivity index (χ0n) is 21.7.